The van der Waals surface area contributed by atoms with Gasteiger partial charge < -0.3 is 9.84 Å². The molecule has 30 heavy (non-hydrogen) atoms. The number of carboxylic acids is 1. The smallest absolute Gasteiger partial charge is 0.416 e. The van der Waals surface area contributed by atoms with E-state index in [-0.39, 0.29) is 29.6 Å². The van der Waals surface area contributed by atoms with Gasteiger partial charge in [-0.15, -0.1) is 0 Å². The lowest BCUT2D eigenvalue weighted by Gasteiger charge is -2.18. The number of pyridine rings is 1. The van der Waals surface area contributed by atoms with Gasteiger partial charge in [-0.2, -0.15) is 17.5 Å². The molecule has 0 spiro atoms. The van der Waals surface area contributed by atoms with Gasteiger partial charge in [-0.25, -0.2) is 18.2 Å². The van der Waals surface area contributed by atoms with Crippen LogP contribution in [0.3, 0.4) is 0 Å². The van der Waals surface area contributed by atoms with Crippen molar-refractivity contribution in [3.8, 4) is 11.3 Å². The molecule has 0 radical (unpaired) electrons. The van der Waals surface area contributed by atoms with E-state index in [1.165, 1.54) is 31.3 Å². The number of rotatable bonds is 7. The van der Waals surface area contributed by atoms with E-state index < -0.39 is 32.6 Å². The van der Waals surface area contributed by atoms with Gasteiger partial charge in [0.05, 0.1) is 34.6 Å². The monoisotopic (exact) mass is 442 g/mol. The third-order valence-electron chi connectivity index (χ3n) is 4.27. The molecular weight excluding hydrogens is 425 g/mol. The van der Waals surface area contributed by atoms with Crippen LogP contribution in [0.4, 0.5) is 13.2 Å². The van der Waals surface area contributed by atoms with Crippen molar-refractivity contribution in [1.82, 2.24) is 9.29 Å². The highest BCUT2D eigenvalue weighted by Gasteiger charge is 2.35. The highest BCUT2D eigenvalue weighted by Crippen LogP contribution is 2.35. The average molecular weight is 442 g/mol. The molecule has 0 amide bonds. The van der Waals surface area contributed by atoms with E-state index >= 15 is 0 Å². The maximum absolute atomic E-state index is 13.4. The second-order valence-corrected chi connectivity index (χ2v) is 8.65. The summed E-state index contributed by atoms with van der Waals surface area (Å²) in [5, 5.41) is 8.71. The van der Waals surface area contributed by atoms with Crippen LogP contribution in [0.25, 0.3) is 17.3 Å². The molecule has 1 aromatic heterocycles. The molecule has 0 unspecified atom stereocenters. The van der Waals surface area contributed by atoms with E-state index in [0.717, 1.165) is 22.5 Å². The summed E-state index contributed by atoms with van der Waals surface area (Å²) >= 11 is 0. The first-order valence-electron chi connectivity index (χ1n) is 8.65. The predicted octanol–water partition coefficient (Wildman–Crippen LogP) is 2.88. The molecule has 0 bridgehead atoms. The van der Waals surface area contributed by atoms with Gasteiger partial charge in [0.25, 0.3) is 0 Å². The van der Waals surface area contributed by atoms with E-state index in [1.807, 2.05) is 0 Å². The van der Waals surface area contributed by atoms with Gasteiger partial charge in [0.2, 0.25) is 10.0 Å². The molecule has 1 N–H and O–H groups in total. The van der Waals surface area contributed by atoms with Gasteiger partial charge in [-0.05, 0) is 36.4 Å². The third kappa shape index (κ3) is 5.23. The first-order chi connectivity index (χ1) is 14.0. The molecule has 1 aromatic carbocycles. The fraction of sp³-hybridized carbons (Fsp3) is 0.263. The van der Waals surface area contributed by atoms with Crippen LogP contribution in [0.15, 0.2) is 47.4 Å². The average Bonchev–Trinajstić information content (AvgIpc) is 3.49. The van der Waals surface area contributed by atoms with E-state index in [4.69, 9.17) is 9.84 Å². The fourth-order valence-electron chi connectivity index (χ4n) is 2.66. The summed E-state index contributed by atoms with van der Waals surface area (Å²) in [5.41, 5.74) is -0.939. The summed E-state index contributed by atoms with van der Waals surface area (Å²) in [6.07, 6.45) is -3.03. The minimum atomic E-state index is -4.78. The SMILES string of the molecule is CN(C[C@H]1CO1)S(=O)(=O)c1cc(-c2cccc(C=CC(=O)O)n2)cc(C(F)(F)F)c1. The molecule has 1 saturated heterocycles. The number of benzene rings is 1. The van der Waals surface area contributed by atoms with Crippen LogP contribution >= 0.6 is 0 Å². The number of ether oxygens (including phenoxy) is 1. The zero-order valence-electron chi connectivity index (χ0n) is 15.6. The Balaban J connectivity index is 2.08. The number of aromatic nitrogens is 1. The number of alkyl halides is 3. The van der Waals surface area contributed by atoms with Crippen molar-refractivity contribution in [2.45, 2.75) is 17.2 Å². The number of hydrogen-bond donors (Lipinski definition) is 1. The highest BCUT2D eigenvalue weighted by atomic mass is 32.2. The van der Waals surface area contributed by atoms with Crippen LogP contribution in [-0.2, 0) is 25.7 Å². The van der Waals surface area contributed by atoms with Gasteiger partial charge >= 0.3 is 12.1 Å². The van der Waals surface area contributed by atoms with Gasteiger partial charge in [0.1, 0.15) is 0 Å². The molecule has 2 aromatic rings. The topological polar surface area (TPSA) is 100 Å². The van der Waals surface area contributed by atoms with Crippen molar-refractivity contribution in [1.29, 1.82) is 0 Å². The summed E-state index contributed by atoms with van der Waals surface area (Å²) in [4.78, 5) is 14.3. The number of likely N-dealkylation sites (N-methyl/N-ethyl adjacent to an activating group) is 1. The van der Waals surface area contributed by atoms with Crippen LogP contribution < -0.4 is 0 Å². The number of carbonyl (C=O) groups is 1. The quantitative estimate of drug-likeness (QED) is 0.523. The maximum atomic E-state index is 13.4. The maximum Gasteiger partial charge on any atom is 0.416 e. The molecule has 1 aliphatic heterocycles. The van der Waals surface area contributed by atoms with Crippen LogP contribution in [-0.4, -0.2) is 55.1 Å². The van der Waals surface area contributed by atoms with Crippen LogP contribution in [0.1, 0.15) is 11.3 Å². The summed E-state index contributed by atoms with van der Waals surface area (Å²) in [6.45, 7) is 0.426. The summed E-state index contributed by atoms with van der Waals surface area (Å²) in [5.74, 6) is -1.21. The highest BCUT2D eigenvalue weighted by molar-refractivity contribution is 7.89. The normalized spacial score (nSPS) is 16.9. The third-order valence-corrected chi connectivity index (χ3v) is 6.07. The minimum Gasteiger partial charge on any atom is -0.478 e. The lowest BCUT2D eigenvalue weighted by atomic mass is 10.1. The van der Waals surface area contributed by atoms with Crippen molar-refractivity contribution < 1.29 is 36.2 Å². The van der Waals surface area contributed by atoms with E-state index in [1.54, 1.807) is 0 Å². The number of hydrogen-bond acceptors (Lipinski definition) is 5. The molecule has 11 heteroatoms. The van der Waals surface area contributed by atoms with Crippen LogP contribution in [0.2, 0.25) is 0 Å². The second-order valence-electron chi connectivity index (χ2n) is 6.60. The minimum absolute atomic E-state index is 0.0294. The molecule has 1 aliphatic rings. The number of sulfonamides is 1. The predicted molar refractivity (Wildman–Crippen MR) is 101 cm³/mol. The molecular formula is C19H17F3N2O5S. The molecule has 0 saturated carbocycles. The van der Waals surface area contributed by atoms with Crippen molar-refractivity contribution in [3.63, 3.8) is 0 Å². The Morgan fingerprint density at radius 1 is 1.33 bits per heavy atom. The van der Waals surface area contributed by atoms with E-state index in [9.17, 15) is 26.4 Å². The zero-order chi connectivity index (χ0) is 22.1. The van der Waals surface area contributed by atoms with Gasteiger partial charge in [0, 0.05) is 25.2 Å². The molecule has 7 nitrogen and oxygen atoms in total. The Morgan fingerprint density at radius 3 is 2.63 bits per heavy atom. The van der Waals surface area contributed by atoms with Crippen LogP contribution in [0, 0.1) is 0 Å². The van der Waals surface area contributed by atoms with Gasteiger partial charge in [0.15, 0.2) is 0 Å². The van der Waals surface area contributed by atoms with E-state index in [2.05, 4.69) is 4.98 Å². The lowest BCUT2D eigenvalue weighted by molar-refractivity contribution is -0.137. The summed E-state index contributed by atoms with van der Waals surface area (Å²) in [6, 6.07) is 6.85. The van der Waals surface area contributed by atoms with E-state index in [0.29, 0.717) is 12.7 Å². The Morgan fingerprint density at radius 2 is 2.03 bits per heavy atom. The first kappa shape index (κ1) is 21.9. The number of aliphatic carboxylic acids is 1. The molecule has 2 heterocycles. The number of halogens is 3. The summed E-state index contributed by atoms with van der Waals surface area (Å²) in [7, 11) is -2.93. The standard InChI is InChI=1S/C19H17F3N2O5S/c1-24(10-15-11-29-15)30(27,28)16-8-12(7-13(9-16)19(20,21)22)17-4-2-3-14(23-17)5-6-18(25)26/h2-9,15H,10-11H2,1H3,(H,25,26)/t15-/m0/s1. The van der Waals surface area contributed by atoms with Gasteiger partial charge in [-0.1, -0.05) is 6.07 Å². The molecule has 1 atom stereocenters. The Hall–Kier alpha value is -2.76. The number of epoxide rings is 1. The zero-order valence-corrected chi connectivity index (χ0v) is 16.4. The largest absolute Gasteiger partial charge is 0.478 e. The molecule has 0 aliphatic carbocycles. The number of nitrogens with zero attached hydrogens (tertiary/aromatic N) is 2. The van der Waals surface area contributed by atoms with Gasteiger partial charge in [-0.3, -0.25) is 0 Å². The molecule has 160 valence electrons. The fourth-order valence-corrected chi connectivity index (χ4v) is 3.93. The Bertz CT molecular complexity index is 1100. The van der Waals surface area contributed by atoms with Crippen molar-refractivity contribution in [2.75, 3.05) is 20.2 Å². The summed E-state index contributed by atoms with van der Waals surface area (Å²) < 4.78 is 71.9. The van der Waals surface area contributed by atoms with Crippen LogP contribution in [0.5, 0.6) is 0 Å². The van der Waals surface area contributed by atoms with Crippen molar-refractivity contribution in [2.24, 2.45) is 0 Å². The van der Waals surface area contributed by atoms with Crippen molar-refractivity contribution >= 4 is 22.1 Å². The first-order valence-corrected chi connectivity index (χ1v) is 10.1. The Labute approximate surface area is 170 Å². The molecule has 1 fully saturated rings. The van der Waals surface area contributed by atoms with Crippen molar-refractivity contribution in [3.05, 3.63) is 53.7 Å². The molecule has 3 rings (SSSR count). The number of carboxylic acid groups (broad SMARTS) is 1. The Kier molecular flexibility index (Phi) is 5.97. The second kappa shape index (κ2) is 8.17. The lowest BCUT2D eigenvalue weighted by Crippen LogP contribution is -2.30.